The van der Waals surface area contributed by atoms with E-state index in [1.165, 1.54) is 14.2 Å². The first-order valence-corrected chi connectivity index (χ1v) is 7.40. The number of hydrogen-bond donors (Lipinski definition) is 0. The zero-order valence-electron chi connectivity index (χ0n) is 10.5. The van der Waals surface area contributed by atoms with Crippen molar-refractivity contribution in [1.29, 1.82) is 0 Å². The Bertz CT molecular complexity index is 433. The molecule has 96 valence electrons. The van der Waals surface area contributed by atoms with Crippen LogP contribution < -0.4 is 9.42 Å². The molecule has 1 aromatic heterocycles. The average Bonchev–Trinajstić information content (AvgIpc) is 2.28. The molecule has 0 bridgehead atoms. The fraction of sp³-hybridized carbons (Fsp3) is 0.556. The first kappa shape index (κ1) is 14.3. The molecule has 0 aliphatic carbocycles. The van der Waals surface area contributed by atoms with Crippen molar-refractivity contribution in [2.75, 3.05) is 33.2 Å². The van der Waals surface area contributed by atoms with Gasteiger partial charge in [-0.2, -0.15) is 4.98 Å². The van der Waals surface area contributed by atoms with E-state index in [2.05, 4.69) is 9.97 Å². The topological polar surface area (TPSA) is 56.7 Å². The highest BCUT2D eigenvalue weighted by Crippen LogP contribution is 2.47. The lowest BCUT2D eigenvalue weighted by molar-refractivity contribution is 0.270. The van der Waals surface area contributed by atoms with E-state index in [4.69, 9.17) is 25.4 Å². The van der Waals surface area contributed by atoms with Gasteiger partial charge in [0.1, 0.15) is 0 Å². The lowest BCUT2D eigenvalue weighted by Gasteiger charge is -2.18. The monoisotopic (exact) mass is 277 g/mol. The Morgan fingerprint density at radius 1 is 1.24 bits per heavy atom. The Morgan fingerprint density at radius 3 is 2.29 bits per heavy atom. The summed E-state index contributed by atoms with van der Waals surface area (Å²) in [5.41, 5.74) is 0.785. The van der Waals surface area contributed by atoms with Gasteiger partial charge in [-0.25, -0.2) is 4.98 Å². The lowest BCUT2D eigenvalue weighted by Crippen LogP contribution is -2.13. The minimum atomic E-state index is -2.75. The van der Waals surface area contributed by atoms with Gasteiger partial charge in [0.25, 0.3) is 0 Å². The summed E-state index contributed by atoms with van der Waals surface area (Å²) in [4.78, 5) is 10.2. The van der Waals surface area contributed by atoms with E-state index >= 15 is 0 Å². The van der Waals surface area contributed by atoms with Crippen molar-refractivity contribution in [1.82, 2.24) is 9.97 Å². The molecule has 1 aromatic rings. The largest absolute Gasteiger partial charge is 0.405 e. The van der Waals surface area contributed by atoms with E-state index in [9.17, 15) is 0 Å². The van der Waals surface area contributed by atoms with Gasteiger partial charge in [-0.05, 0) is 6.92 Å². The van der Waals surface area contributed by atoms with Gasteiger partial charge >= 0.3 is 6.72 Å². The predicted molar refractivity (Wildman–Crippen MR) is 70.0 cm³/mol. The van der Waals surface area contributed by atoms with E-state index < -0.39 is 6.72 Å². The van der Waals surface area contributed by atoms with E-state index in [0.717, 1.165) is 5.69 Å². The second kappa shape index (κ2) is 5.73. The SMILES string of the molecule is COP(=S)(OC)Oc1cc(C)nc(N(C)C)n1. The smallest absolute Gasteiger partial charge is 0.381 e. The maximum Gasteiger partial charge on any atom is 0.381 e. The predicted octanol–water partition coefficient (Wildman–Crippen LogP) is 1.75. The van der Waals surface area contributed by atoms with Gasteiger partial charge in [-0.1, -0.05) is 0 Å². The van der Waals surface area contributed by atoms with Gasteiger partial charge in [-0.3, -0.25) is 0 Å². The normalized spacial score (nSPS) is 11.4. The van der Waals surface area contributed by atoms with Crippen LogP contribution in [0.3, 0.4) is 0 Å². The third-order valence-electron chi connectivity index (χ3n) is 1.87. The fourth-order valence-corrected chi connectivity index (χ4v) is 1.88. The molecule has 0 unspecified atom stereocenters. The summed E-state index contributed by atoms with van der Waals surface area (Å²) < 4.78 is 15.6. The van der Waals surface area contributed by atoms with Gasteiger partial charge < -0.3 is 18.5 Å². The molecule has 0 fully saturated rings. The highest BCUT2D eigenvalue weighted by atomic mass is 32.5. The van der Waals surface area contributed by atoms with E-state index in [1.807, 2.05) is 21.0 Å². The van der Waals surface area contributed by atoms with Gasteiger partial charge in [0.15, 0.2) is 0 Å². The summed E-state index contributed by atoms with van der Waals surface area (Å²) in [5, 5.41) is 0. The molecular weight excluding hydrogens is 261 g/mol. The summed E-state index contributed by atoms with van der Waals surface area (Å²) in [6, 6.07) is 1.69. The molecule has 1 heterocycles. The number of nitrogens with zero attached hydrogens (tertiary/aromatic N) is 3. The molecule has 0 aliphatic rings. The molecule has 17 heavy (non-hydrogen) atoms. The lowest BCUT2D eigenvalue weighted by atomic mass is 10.4. The number of hydrogen-bond acceptors (Lipinski definition) is 7. The van der Waals surface area contributed by atoms with Crippen molar-refractivity contribution in [3.05, 3.63) is 11.8 Å². The first-order chi connectivity index (χ1) is 7.90. The Hall–Kier alpha value is -0.750. The van der Waals surface area contributed by atoms with Crippen molar-refractivity contribution in [3.8, 4) is 5.88 Å². The third-order valence-corrected chi connectivity index (χ3v) is 4.29. The maximum absolute atomic E-state index is 5.48. The zero-order chi connectivity index (χ0) is 13.1. The molecule has 6 nitrogen and oxygen atoms in total. The van der Waals surface area contributed by atoms with Gasteiger partial charge in [0.05, 0.1) is 0 Å². The Morgan fingerprint density at radius 2 is 1.82 bits per heavy atom. The van der Waals surface area contributed by atoms with Crippen LogP contribution in [0.15, 0.2) is 6.07 Å². The van der Waals surface area contributed by atoms with Crippen molar-refractivity contribution >= 4 is 24.5 Å². The molecule has 0 radical (unpaired) electrons. The van der Waals surface area contributed by atoms with Gasteiger partial charge in [0.2, 0.25) is 11.8 Å². The summed E-state index contributed by atoms with van der Waals surface area (Å²) in [7, 11) is 6.60. The van der Waals surface area contributed by atoms with Crippen LogP contribution in [0.5, 0.6) is 5.88 Å². The molecule has 0 spiro atoms. The average molecular weight is 277 g/mol. The molecule has 0 aromatic carbocycles. The van der Waals surface area contributed by atoms with Crippen LogP contribution in [-0.4, -0.2) is 38.3 Å². The molecule has 0 aliphatic heterocycles. The minimum absolute atomic E-state index is 0.355. The molecule has 8 heteroatoms. The highest BCUT2D eigenvalue weighted by molar-refractivity contribution is 8.07. The van der Waals surface area contributed by atoms with Crippen LogP contribution >= 0.6 is 6.72 Å². The van der Waals surface area contributed by atoms with Crippen LogP contribution in [-0.2, 0) is 20.9 Å². The highest BCUT2D eigenvalue weighted by Gasteiger charge is 2.20. The zero-order valence-corrected chi connectivity index (χ0v) is 12.2. The standard InChI is InChI=1S/C9H16N3O3PS/c1-7-6-8(11-9(10-7)12(2)3)15-16(17,13-4)14-5/h6H,1-5H3. The second-order valence-electron chi connectivity index (χ2n) is 3.45. The summed E-state index contributed by atoms with van der Waals surface area (Å²) >= 11 is 5.11. The van der Waals surface area contributed by atoms with Crippen molar-refractivity contribution in [2.45, 2.75) is 6.92 Å². The van der Waals surface area contributed by atoms with Crippen LogP contribution in [0, 0.1) is 6.92 Å². The van der Waals surface area contributed by atoms with Crippen molar-refractivity contribution < 1.29 is 13.6 Å². The van der Waals surface area contributed by atoms with E-state index in [0.29, 0.717) is 11.8 Å². The second-order valence-corrected chi connectivity index (χ2v) is 6.59. The molecule has 0 atom stereocenters. The summed E-state index contributed by atoms with van der Waals surface area (Å²) in [6.07, 6.45) is 0. The Labute approximate surface area is 106 Å². The van der Waals surface area contributed by atoms with Crippen LogP contribution in [0.1, 0.15) is 5.69 Å². The van der Waals surface area contributed by atoms with Crippen molar-refractivity contribution in [2.24, 2.45) is 0 Å². The fourth-order valence-electron chi connectivity index (χ4n) is 1.03. The Kier molecular flexibility index (Phi) is 4.82. The van der Waals surface area contributed by atoms with Gasteiger partial charge in [0, 0.05) is 51.9 Å². The molecule has 0 amide bonds. The minimum Gasteiger partial charge on any atom is -0.405 e. The number of aromatic nitrogens is 2. The van der Waals surface area contributed by atoms with Crippen molar-refractivity contribution in [3.63, 3.8) is 0 Å². The summed E-state index contributed by atoms with van der Waals surface area (Å²) in [5.74, 6) is 0.905. The first-order valence-electron chi connectivity index (χ1n) is 4.84. The summed E-state index contributed by atoms with van der Waals surface area (Å²) in [6.45, 7) is -0.897. The molecule has 0 saturated heterocycles. The Balaban J connectivity index is 3.03. The molecular formula is C9H16N3O3PS. The molecule has 0 saturated carbocycles. The number of aryl methyl sites for hydroxylation is 1. The van der Waals surface area contributed by atoms with Crippen LogP contribution in [0.25, 0.3) is 0 Å². The maximum atomic E-state index is 5.48. The molecule has 1 rings (SSSR count). The molecule has 0 N–H and O–H groups in total. The van der Waals surface area contributed by atoms with E-state index in [-0.39, 0.29) is 0 Å². The quantitative estimate of drug-likeness (QED) is 0.760. The third kappa shape index (κ3) is 3.89. The van der Waals surface area contributed by atoms with Crippen LogP contribution in [0.2, 0.25) is 0 Å². The van der Waals surface area contributed by atoms with E-state index in [1.54, 1.807) is 11.0 Å². The van der Waals surface area contributed by atoms with Gasteiger partial charge in [-0.15, -0.1) is 0 Å². The number of anilines is 1. The number of rotatable bonds is 5. The van der Waals surface area contributed by atoms with Crippen LogP contribution in [0.4, 0.5) is 5.95 Å².